The third-order valence-electron chi connectivity index (χ3n) is 4.08. The Morgan fingerprint density at radius 2 is 2.00 bits per heavy atom. The molecule has 0 aliphatic carbocycles. The molecule has 1 aromatic carbocycles. The van der Waals surface area contributed by atoms with Crippen molar-refractivity contribution >= 4 is 11.1 Å². The second-order valence-electron chi connectivity index (χ2n) is 6.97. The molecule has 0 unspecified atom stereocenters. The number of oxazole rings is 1. The van der Waals surface area contributed by atoms with E-state index in [0.717, 1.165) is 42.4 Å². The molecule has 3 nitrogen and oxygen atoms in total. The number of rotatable bonds is 2. The van der Waals surface area contributed by atoms with Gasteiger partial charge >= 0.3 is 0 Å². The lowest BCUT2D eigenvalue weighted by Gasteiger charge is -2.22. The zero-order valence-corrected chi connectivity index (χ0v) is 12.7. The van der Waals surface area contributed by atoms with Crippen LogP contribution in [0.2, 0.25) is 0 Å². The molecular formula is C17H24N2O. The highest BCUT2D eigenvalue weighted by Crippen LogP contribution is 2.27. The Bertz CT molecular complexity index is 589. The van der Waals surface area contributed by atoms with Crippen molar-refractivity contribution in [1.29, 1.82) is 0 Å². The lowest BCUT2D eigenvalue weighted by Crippen LogP contribution is -2.28. The lowest BCUT2D eigenvalue weighted by atomic mass is 9.91. The van der Waals surface area contributed by atoms with Crippen molar-refractivity contribution in [2.75, 3.05) is 13.1 Å². The predicted octanol–water partition coefficient (Wildman–Crippen LogP) is 3.67. The van der Waals surface area contributed by atoms with Gasteiger partial charge in [-0.3, -0.25) is 0 Å². The van der Waals surface area contributed by atoms with Crippen LogP contribution in [0, 0.1) is 5.92 Å². The topological polar surface area (TPSA) is 38.1 Å². The van der Waals surface area contributed by atoms with Crippen LogP contribution in [-0.2, 0) is 11.8 Å². The normalized spacial score (nSPS) is 17.8. The van der Waals surface area contributed by atoms with Crippen molar-refractivity contribution in [2.45, 2.75) is 45.4 Å². The zero-order chi connectivity index (χ0) is 14.2. The number of nitrogens with one attached hydrogen (secondary N) is 1. The molecule has 0 bridgehead atoms. The summed E-state index contributed by atoms with van der Waals surface area (Å²) in [6.07, 6.45) is 3.73. The van der Waals surface area contributed by atoms with E-state index >= 15 is 0 Å². The summed E-state index contributed by atoms with van der Waals surface area (Å²) in [5, 5.41) is 3.42. The number of aromatic nitrogens is 1. The second kappa shape index (κ2) is 5.21. The molecule has 1 aliphatic heterocycles. The molecule has 3 rings (SSSR count). The first-order valence-corrected chi connectivity index (χ1v) is 7.63. The van der Waals surface area contributed by atoms with E-state index in [0.29, 0.717) is 0 Å². The Kier molecular flexibility index (Phi) is 3.55. The maximum absolute atomic E-state index is 5.86. The summed E-state index contributed by atoms with van der Waals surface area (Å²) in [6, 6.07) is 6.48. The number of hydrogen-bond donors (Lipinski definition) is 1. The molecule has 2 aromatic rings. The fourth-order valence-electron chi connectivity index (χ4n) is 2.84. The van der Waals surface area contributed by atoms with Gasteiger partial charge in [-0.1, -0.05) is 26.8 Å². The molecule has 1 aliphatic rings. The number of hydrogen-bond acceptors (Lipinski definition) is 3. The standard InChI is InChI=1S/C17H24N2O/c1-17(2,3)16-19-14-11-13(4-5-15(14)20-16)10-12-6-8-18-9-7-12/h4-5,11-12,18H,6-10H2,1-3H3. The maximum Gasteiger partial charge on any atom is 0.200 e. The van der Waals surface area contributed by atoms with E-state index in [9.17, 15) is 0 Å². The van der Waals surface area contributed by atoms with Crippen molar-refractivity contribution in [1.82, 2.24) is 10.3 Å². The summed E-state index contributed by atoms with van der Waals surface area (Å²) < 4.78 is 5.86. The predicted molar refractivity (Wildman–Crippen MR) is 82.0 cm³/mol. The van der Waals surface area contributed by atoms with Crippen LogP contribution in [0.1, 0.15) is 45.1 Å². The molecular weight excluding hydrogens is 248 g/mol. The molecule has 0 spiro atoms. The Morgan fingerprint density at radius 3 is 2.70 bits per heavy atom. The van der Waals surface area contributed by atoms with Crippen LogP contribution >= 0.6 is 0 Å². The number of benzene rings is 1. The third kappa shape index (κ3) is 2.88. The summed E-state index contributed by atoms with van der Waals surface area (Å²) in [7, 11) is 0. The molecule has 0 radical (unpaired) electrons. The lowest BCUT2D eigenvalue weighted by molar-refractivity contribution is 0.373. The van der Waals surface area contributed by atoms with Crippen molar-refractivity contribution < 1.29 is 4.42 Å². The summed E-state index contributed by atoms with van der Waals surface area (Å²) in [4.78, 5) is 4.66. The van der Waals surface area contributed by atoms with E-state index in [2.05, 4.69) is 49.3 Å². The van der Waals surface area contributed by atoms with Gasteiger partial charge in [-0.15, -0.1) is 0 Å². The van der Waals surface area contributed by atoms with E-state index < -0.39 is 0 Å². The van der Waals surface area contributed by atoms with Crippen LogP contribution in [0.15, 0.2) is 22.6 Å². The molecule has 1 N–H and O–H groups in total. The molecule has 108 valence electrons. The van der Waals surface area contributed by atoms with Gasteiger partial charge in [-0.2, -0.15) is 0 Å². The minimum atomic E-state index is -0.0335. The first kappa shape index (κ1) is 13.6. The number of fused-ring (bicyclic) bond motifs is 1. The second-order valence-corrected chi connectivity index (χ2v) is 6.97. The SMILES string of the molecule is CC(C)(C)c1nc2cc(CC3CCNCC3)ccc2o1. The van der Waals surface area contributed by atoms with Gasteiger partial charge < -0.3 is 9.73 Å². The minimum Gasteiger partial charge on any atom is -0.440 e. The molecule has 3 heteroatoms. The van der Waals surface area contributed by atoms with Gasteiger partial charge in [0.1, 0.15) is 5.52 Å². The largest absolute Gasteiger partial charge is 0.440 e. The molecule has 1 saturated heterocycles. The van der Waals surface area contributed by atoms with Crippen molar-refractivity contribution in [3.05, 3.63) is 29.7 Å². The molecule has 2 heterocycles. The first-order valence-electron chi connectivity index (χ1n) is 7.63. The highest BCUT2D eigenvalue weighted by Gasteiger charge is 2.21. The Morgan fingerprint density at radius 1 is 1.25 bits per heavy atom. The summed E-state index contributed by atoms with van der Waals surface area (Å²) in [5.74, 6) is 1.63. The summed E-state index contributed by atoms with van der Waals surface area (Å²) in [5.41, 5.74) is 3.26. The average molecular weight is 272 g/mol. The fourth-order valence-corrected chi connectivity index (χ4v) is 2.84. The van der Waals surface area contributed by atoms with Crippen LogP contribution in [0.3, 0.4) is 0 Å². The summed E-state index contributed by atoms with van der Waals surface area (Å²) in [6.45, 7) is 8.71. The van der Waals surface area contributed by atoms with E-state index in [1.54, 1.807) is 0 Å². The van der Waals surface area contributed by atoms with E-state index in [4.69, 9.17) is 4.42 Å². The Hall–Kier alpha value is -1.35. The van der Waals surface area contributed by atoms with E-state index in [-0.39, 0.29) is 5.41 Å². The molecule has 1 fully saturated rings. The van der Waals surface area contributed by atoms with Gasteiger partial charge in [0.05, 0.1) is 0 Å². The fraction of sp³-hybridized carbons (Fsp3) is 0.588. The van der Waals surface area contributed by atoms with Gasteiger partial charge in [0, 0.05) is 5.41 Å². The quantitative estimate of drug-likeness (QED) is 0.906. The molecule has 20 heavy (non-hydrogen) atoms. The van der Waals surface area contributed by atoms with E-state index in [1.165, 1.54) is 18.4 Å². The molecule has 0 atom stereocenters. The molecule has 1 aromatic heterocycles. The maximum atomic E-state index is 5.86. The van der Waals surface area contributed by atoms with Gasteiger partial charge in [0.25, 0.3) is 0 Å². The highest BCUT2D eigenvalue weighted by atomic mass is 16.3. The van der Waals surface area contributed by atoms with Crippen molar-refractivity contribution in [2.24, 2.45) is 5.92 Å². The average Bonchev–Trinajstić information content (AvgIpc) is 2.83. The number of piperidine rings is 1. The van der Waals surface area contributed by atoms with Gasteiger partial charge in [0.15, 0.2) is 5.58 Å². The Labute approximate surface area is 120 Å². The smallest absolute Gasteiger partial charge is 0.200 e. The van der Waals surface area contributed by atoms with Crippen LogP contribution < -0.4 is 5.32 Å². The Balaban J connectivity index is 1.82. The monoisotopic (exact) mass is 272 g/mol. The van der Waals surface area contributed by atoms with Crippen LogP contribution in [0.25, 0.3) is 11.1 Å². The zero-order valence-electron chi connectivity index (χ0n) is 12.7. The van der Waals surface area contributed by atoms with Crippen LogP contribution in [0.5, 0.6) is 0 Å². The highest BCUT2D eigenvalue weighted by molar-refractivity contribution is 5.73. The van der Waals surface area contributed by atoms with Crippen molar-refractivity contribution in [3.63, 3.8) is 0 Å². The summed E-state index contributed by atoms with van der Waals surface area (Å²) >= 11 is 0. The van der Waals surface area contributed by atoms with Gasteiger partial charge in [-0.05, 0) is 56.0 Å². The van der Waals surface area contributed by atoms with Crippen LogP contribution in [-0.4, -0.2) is 18.1 Å². The third-order valence-corrected chi connectivity index (χ3v) is 4.08. The molecule has 0 amide bonds. The van der Waals surface area contributed by atoms with Gasteiger partial charge in [-0.25, -0.2) is 4.98 Å². The molecule has 0 saturated carbocycles. The minimum absolute atomic E-state index is 0.0335. The van der Waals surface area contributed by atoms with Crippen molar-refractivity contribution in [3.8, 4) is 0 Å². The number of nitrogens with zero attached hydrogens (tertiary/aromatic N) is 1. The van der Waals surface area contributed by atoms with Gasteiger partial charge in [0.2, 0.25) is 5.89 Å². The van der Waals surface area contributed by atoms with E-state index in [1.807, 2.05) is 0 Å². The van der Waals surface area contributed by atoms with Crippen LogP contribution in [0.4, 0.5) is 0 Å². The first-order chi connectivity index (χ1) is 9.52.